The van der Waals surface area contributed by atoms with Crippen LogP contribution in [0.15, 0.2) is 6.07 Å². The summed E-state index contributed by atoms with van der Waals surface area (Å²) in [6.07, 6.45) is 2.38. The standard InChI is InChI=1S/C19H28N2O4S/c1-12(2)13(3)20-18(24)15-10-14-4-9-25-19(17(14)26-15)5-7-21(8-6-19)11-16(22)23/h10,12-13H,4-9,11H2,1-3H3,(H,20,24)(H,22,23)/t13-/m0/s1. The second-order valence-corrected chi connectivity index (χ2v) is 8.79. The van der Waals surface area contributed by atoms with Crippen molar-refractivity contribution in [1.29, 1.82) is 0 Å². The molecule has 26 heavy (non-hydrogen) atoms. The molecule has 0 saturated carbocycles. The van der Waals surface area contributed by atoms with Gasteiger partial charge in [-0.1, -0.05) is 13.8 Å². The van der Waals surface area contributed by atoms with Crippen molar-refractivity contribution in [2.45, 2.75) is 51.7 Å². The Bertz CT molecular complexity index is 677. The van der Waals surface area contributed by atoms with Crippen LogP contribution in [0.1, 0.15) is 53.7 Å². The number of carbonyl (C=O) groups is 2. The summed E-state index contributed by atoms with van der Waals surface area (Å²) < 4.78 is 6.20. The average molecular weight is 381 g/mol. The van der Waals surface area contributed by atoms with Crippen molar-refractivity contribution >= 4 is 23.2 Å². The van der Waals surface area contributed by atoms with E-state index < -0.39 is 5.97 Å². The van der Waals surface area contributed by atoms with E-state index >= 15 is 0 Å². The van der Waals surface area contributed by atoms with Gasteiger partial charge in [0.1, 0.15) is 5.60 Å². The second-order valence-electron chi connectivity index (χ2n) is 7.73. The van der Waals surface area contributed by atoms with E-state index in [9.17, 15) is 9.59 Å². The van der Waals surface area contributed by atoms with Crippen molar-refractivity contribution < 1.29 is 19.4 Å². The van der Waals surface area contributed by atoms with Crippen LogP contribution in [-0.2, 0) is 21.6 Å². The van der Waals surface area contributed by atoms with Crippen LogP contribution in [0.3, 0.4) is 0 Å². The smallest absolute Gasteiger partial charge is 0.317 e. The highest BCUT2D eigenvalue weighted by Gasteiger charge is 2.43. The van der Waals surface area contributed by atoms with Gasteiger partial charge in [0.25, 0.3) is 5.91 Å². The normalized spacial score (nSPS) is 20.8. The summed E-state index contributed by atoms with van der Waals surface area (Å²) in [5.74, 6) is -0.411. The molecule has 7 heteroatoms. The zero-order valence-corrected chi connectivity index (χ0v) is 16.5. The van der Waals surface area contributed by atoms with E-state index in [-0.39, 0.29) is 24.1 Å². The summed E-state index contributed by atoms with van der Waals surface area (Å²) in [5.41, 5.74) is 0.866. The van der Waals surface area contributed by atoms with Crippen LogP contribution in [0.4, 0.5) is 0 Å². The third-order valence-corrected chi connectivity index (χ3v) is 6.94. The minimum atomic E-state index is -0.791. The number of amides is 1. The van der Waals surface area contributed by atoms with Crippen molar-refractivity contribution in [3.8, 4) is 0 Å². The fraction of sp³-hybridized carbons (Fsp3) is 0.684. The predicted octanol–water partition coefficient (Wildman–Crippen LogP) is 2.47. The summed E-state index contributed by atoms with van der Waals surface area (Å²) in [7, 11) is 0. The molecule has 0 bridgehead atoms. The van der Waals surface area contributed by atoms with E-state index in [4.69, 9.17) is 9.84 Å². The number of aliphatic carboxylic acids is 1. The molecule has 0 radical (unpaired) electrons. The third kappa shape index (κ3) is 3.94. The van der Waals surface area contributed by atoms with E-state index in [1.807, 2.05) is 17.9 Å². The molecule has 3 heterocycles. The topological polar surface area (TPSA) is 78.9 Å². The van der Waals surface area contributed by atoms with Crippen molar-refractivity contribution in [1.82, 2.24) is 10.2 Å². The largest absolute Gasteiger partial charge is 0.480 e. The molecule has 1 saturated heterocycles. The Balaban J connectivity index is 1.75. The number of carboxylic acids is 1. The molecule has 1 aromatic heterocycles. The number of thiophene rings is 1. The first-order valence-electron chi connectivity index (χ1n) is 9.33. The fourth-order valence-electron chi connectivity index (χ4n) is 3.61. The molecule has 1 aromatic rings. The number of fused-ring (bicyclic) bond motifs is 2. The van der Waals surface area contributed by atoms with E-state index in [1.54, 1.807) is 11.3 Å². The quantitative estimate of drug-likeness (QED) is 0.820. The van der Waals surface area contributed by atoms with E-state index in [0.29, 0.717) is 25.6 Å². The minimum Gasteiger partial charge on any atom is -0.480 e. The molecule has 3 rings (SSSR count). The van der Waals surface area contributed by atoms with Crippen molar-refractivity contribution in [3.63, 3.8) is 0 Å². The third-order valence-electron chi connectivity index (χ3n) is 5.58. The first-order chi connectivity index (χ1) is 12.3. The number of likely N-dealkylation sites (tertiary alicyclic amines) is 1. The summed E-state index contributed by atoms with van der Waals surface area (Å²) >= 11 is 1.55. The molecular formula is C19H28N2O4S. The number of nitrogens with one attached hydrogen (secondary N) is 1. The summed E-state index contributed by atoms with van der Waals surface area (Å²) in [5, 5.41) is 12.1. The zero-order valence-electron chi connectivity index (χ0n) is 15.7. The van der Waals surface area contributed by atoms with Crippen molar-refractivity contribution in [3.05, 3.63) is 21.4 Å². The van der Waals surface area contributed by atoms with Gasteiger partial charge in [-0.15, -0.1) is 11.3 Å². The maximum atomic E-state index is 12.6. The van der Waals surface area contributed by atoms with Gasteiger partial charge < -0.3 is 15.2 Å². The first kappa shape index (κ1) is 19.3. The molecular weight excluding hydrogens is 352 g/mol. The summed E-state index contributed by atoms with van der Waals surface area (Å²) in [4.78, 5) is 27.4. The highest BCUT2D eigenvalue weighted by molar-refractivity contribution is 7.14. The zero-order chi connectivity index (χ0) is 18.9. The lowest BCUT2D eigenvalue weighted by Crippen LogP contribution is -2.47. The van der Waals surface area contributed by atoms with Crippen LogP contribution in [0, 0.1) is 5.92 Å². The lowest BCUT2D eigenvalue weighted by atomic mass is 9.85. The van der Waals surface area contributed by atoms with Gasteiger partial charge in [0.15, 0.2) is 0 Å². The van der Waals surface area contributed by atoms with Gasteiger partial charge in [-0.25, -0.2) is 0 Å². The molecule has 2 aliphatic rings. The number of piperidine rings is 1. The van der Waals surface area contributed by atoms with Gasteiger partial charge in [-0.3, -0.25) is 14.5 Å². The molecule has 0 unspecified atom stereocenters. The SMILES string of the molecule is CC(C)[C@H](C)NC(=O)c1cc2c(s1)C1(CCN(CC(=O)O)CC1)OCC2. The highest BCUT2D eigenvalue weighted by Crippen LogP contribution is 2.45. The van der Waals surface area contributed by atoms with Gasteiger partial charge in [-0.2, -0.15) is 0 Å². The summed E-state index contributed by atoms with van der Waals surface area (Å²) in [6.45, 7) is 8.36. The molecule has 0 aliphatic carbocycles. The van der Waals surface area contributed by atoms with E-state index in [0.717, 1.165) is 24.1 Å². The first-order valence-corrected chi connectivity index (χ1v) is 10.1. The molecule has 1 atom stereocenters. The molecule has 1 amide bonds. The Kier molecular flexibility index (Phi) is 5.69. The molecule has 1 fully saturated rings. The van der Waals surface area contributed by atoms with Crippen molar-refractivity contribution in [2.75, 3.05) is 26.2 Å². The maximum Gasteiger partial charge on any atom is 0.317 e. The van der Waals surface area contributed by atoms with E-state index in [2.05, 4.69) is 19.2 Å². The lowest BCUT2D eigenvalue weighted by molar-refractivity contribution is -0.141. The van der Waals surface area contributed by atoms with Crippen LogP contribution in [0.25, 0.3) is 0 Å². The van der Waals surface area contributed by atoms with Crippen LogP contribution < -0.4 is 5.32 Å². The Labute approximate surface area is 158 Å². The molecule has 144 valence electrons. The van der Waals surface area contributed by atoms with E-state index in [1.165, 1.54) is 10.4 Å². The Morgan fingerprint density at radius 3 is 2.65 bits per heavy atom. The summed E-state index contributed by atoms with van der Waals surface area (Å²) in [6, 6.07) is 2.15. The predicted molar refractivity (Wildman–Crippen MR) is 101 cm³/mol. The Hall–Kier alpha value is -1.44. The minimum absolute atomic E-state index is 0.0101. The highest BCUT2D eigenvalue weighted by atomic mass is 32.1. The molecule has 2 N–H and O–H groups in total. The van der Waals surface area contributed by atoms with Crippen LogP contribution >= 0.6 is 11.3 Å². The fourth-order valence-corrected chi connectivity index (χ4v) is 4.93. The monoisotopic (exact) mass is 380 g/mol. The van der Waals surface area contributed by atoms with Gasteiger partial charge in [-0.05, 0) is 43.7 Å². The van der Waals surface area contributed by atoms with Crippen LogP contribution in [-0.4, -0.2) is 54.2 Å². The second kappa shape index (κ2) is 7.66. The average Bonchev–Trinajstić information content (AvgIpc) is 3.02. The lowest BCUT2D eigenvalue weighted by Gasteiger charge is -2.43. The van der Waals surface area contributed by atoms with Gasteiger partial charge >= 0.3 is 5.97 Å². The van der Waals surface area contributed by atoms with Crippen molar-refractivity contribution in [2.24, 2.45) is 5.92 Å². The maximum absolute atomic E-state index is 12.6. The number of carbonyl (C=O) groups excluding carboxylic acids is 1. The van der Waals surface area contributed by atoms with Gasteiger partial charge in [0.2, 0.25) is 0 Å². The number of nitrogens with zero attached hydrogens (tertiary/aromatic N) is 1. The molecule has 6 nitrogen and oxygen atoms in total. The molecule has 1 spiro atoms. The van der Waals surface area contributed by atoms with Gasteiger partial charge in [0.05, 0.1) is 18.0 Å². The number of rotatable bonds is 5. The number of carboxylic acid groups (broad SMARTS) is 1. The molecule has 2 aliphatic heterocycles. The Morgan fingerprint density at radius 1 is 1.35 bits per heavy atom. The molecule has 0 aromatic carbocycles. The number of hydrogen-bond acceptors (Lipinski definition) is 5. The number of ether oxygens (including phenoxy) is 1. The Morgan fingerprint density at radius 2 is 2.04 bits per heavy atom. The van der Waals surface area contributed by atoms with Gasteiger partial charge in [0, 0.05) is 24.0 Å². The number of hydrogen-bond donors (Lipinski definition) is 2. The van der Waals surface area contributed by atoms with Crippen LogP contribution in [0.5, 0.6) is 0 Å². The van der Waals surface area contributed by atoms with Crippen LogP contribution in [0.2, 0.25) is 0 Å².